The minimum atomic E-state index is -4.59. The smallest absolute Gasteiger partial charge is 0.748 e. The first kappa shape index (κ1) is 34.9. The van der Waals surface area contributed by atoms with Crippen LogP contribution in [0.2, 0.25) is 0 Å². The van der Waals surface area contributed by atoms with E-state index in [-0.39, 0.29) is 71.8 Å². The molecule has 2 atom stereocenters. The number of nitrogens with zero attached hydrogens (tertiary/aromatic N) is 2. The van der Waals surface area contributed by atoms with Gasteiger partial charge in [-0.1, -0.05) is 76.9 Å². The zero-order chi connectivity index (χ0) is 25.3. The Hall–Kier alpha value is -0.130. The summed E-state index contributed by atoms with van der Waals surface area (Å²) in [7, 11) is -4.59. The minimum Gasteiger partial charge on any atom is -0.748 e. The monoisotopic (exact) mass is 525 g/mol. The number of unbranched alkanes of at least 4 members (excludes halogenated alkanes) is 10. The third kappa shape index (κ3) is 15.7. The number of carbonyl (C=O) groups is 1. The third-order valence-electron chi connectivity index (χ3n) is 6.40. The zero-order valence-corrected chi connectivity index (χ0v) is 24.8. The van der Waals surface area contributed by atoms with E-state index < -0.39 is 22.0 Å². The van der Waals surface area contributed by atoms with Crippen molar-refractivity contribution in [1.82, 2.24) is 0 Å². The van der Waals surface area contributed by atoms with Crippen LogP contribution in [-0.4, -0.2) is 83.9 Å². The van der Waals surface area contributed by atoms with Crippen molar-refractivity contribution >= 4 is 21.7 Å². The fraction of sp³-hybridized carbons (Fsp3) is 0.840. The van der Waals surface area contributed by atoms with Gasteiger partial charge in [-0.3, -0.25) is 9.28 Å². The summed E-state index contributed by atoms with van der Waals surface area (Å²) in [5.74, 6) is -0.812. The van der Waals surface area contributed by atoms with E-state index in [1.165, 1.54) is 57.8 Å². The van der Waals surface area contributed by atoms with Crippen LogP contribution in [0.3, 0.4) is 0 Å². The van der Waals surface area contributed by atoms with Crippen LogP contribution >= 0.6 is 0 Å². The molecule has 1 aliphatic heterocycles. The quantitative estimate of drug-likeness (QED) is 0.0731. The zero-order valence-electron chi connectivity index (χ0n) is 22.0. The van der Waals surface area contributed by atoms with Crippen LogP contribution in [0, 0.1) is 0 Å². The van der Waals surface area contributed by atoms with Crippen LogP contribution in [-0.2, 0) is 14.9 Å². The van der Waals surface area contributed by atoms with Crippen molar-refractivity contribution in [1.29, 1.82) is 0 Å². The SMILES string of the molecule is CCCCCCCCCCCC/C=C/CCC(=O)C1=NCC[N+]1(CCO)CC(O)CS(=O)(=O)[O-].[Na+]. The van der Waals surface area contributed by atoms with Crippen molar-refractivity contribution < 1.29 is 62.0 Å². The normalized spacial score (nSPS) is 19.0. The fourth-order valence-electron chi connectivity index (χ4n) is 4.64. The van der Waals surface area contributed by atoms with Gasteiger partial charge >= 0.3 is 29.6 Å². The standard InChI is InChI=1S/C25H46N2O6S.Na/c1-2-3-4-5-6-7-8-9-10-11-12-13-14-15-16-24(30)25-26-17-18-27(25,19-20-28)21-23(29)22-34(31,32)33;/h13-14,23,28-29H,2-12,15-22H2,1H3;/q;+1/b14-13+;. The Morgan fingerprint density at radius 1 is 1.06 bits per heavy atom. The van der Waals surface area contributed by atoms with Gasteiger partial charge in [0.1, 0.15) is 25.7 Å². The van der Waals surface area contributed by atoms with E-state index in [1.807, 2.05) is 6.08 Å². The number of aliphatic imine (C=N–C) groups is 1. The van der Waals surface area contributed by atoms with E-state index in [0.29, 0.717) is 19.5 Å². The summed E-state index contributed by atoms with van der Waals surface area (Å²) in [5.41, 5.74) is 0. The maximum Gasteiger partial charge on any atom is 1.00 e. The number of allylic oxidation sites excluding steroid dienone is 2. The molecule has 0 aliphatic carbocycles. The van der Waals surface area contributed by atoms with Gasteiger partial charge < -0.3 is 14.8 Å². The van der Waals surface area contributed by atoms with Crippen LogP contribution in [0.4, 0.5) is 0 Å². The summed E-state index contributed by atoms with van der Waals surface area (Å²) in [6, 6.07) is 0. The number of aliphatic hydroxyl groups excluding tert-OH is 2. The number of quaternary nitrogens is 1. The van der Waals surface area contributed by atoms with E-state index in [4.69, 9.17) is 0 Å². The first-order valence-corrected chi connectivity index (χ1v) is 14.6. The number of ketones is 1. The summed E-state index contributed by atoms with van der Waals surface area (Å²) in [6.07, 6.45) is 17.7. The van der Waals surface area contributed by atoms with Crippen LogP contribution in [0.15, 0.2) is 17.1 Å². The number of hydrogen-bond donors (Lipinski definition) is 2. The third-order valence-corrected chi connectivity index (χ3v) is 7.20. The van der Waals surface area contributed by atoms with Crippen molar-refractivity contribution in [2.75, 3.05) is 38.5 Å². The topological polar surface area (TPSA) is 127 Å². The number of aliphatic hydroxyl groups is 2. The number of hydrogen-bond acceptors (Lipinski definition) is 7. The molecule has 0 amide bonds. The van der Waals surface area contributed by atoms with E-state index in [1.54, 1.807) is 0 Å². The Kier molecular flexibility index (Phi) is 19.8. The molecule has 0 fully saturated rings. The molecular weight excluding hydrogens is 479 g/mol. The van der Waals surface area contributed by atoms with Crippen molar-refractivity contribution in [3.05, 3.63) is 12.2 Å². The Morgan fingerprint density at radius 3 is 2.20 bits per heavy atom. The van der Waals surface area contributed by atoms with Crippen molar-refractivity contribution in [2.45, 2.75) is 96.5 Å². The van der Waals surface area contributed by atoms with E-state index in [9.17, 15) is 28.0 Å². The molecule has 0 aromatic carbocycles. The minimum absolute atomic E-state index is 0. The van der Waals surface area contributed by atoms with E-state index >= 15 is 0 Å². The van der Waals surface area contributed by atoms with Crippen LogP contribution in [0.1, 0.15) is 90.4 Å². The molecule has 0 aromatic heterocycles. The Balaban J connectivity index is 0.0000116. The average Bonchev–Trinajstić information content (AvgIpc) is 3.15. The summed E-state index contributed by atoms with van der Waals surface area (Å²) < 4.78 is 32.9. The Morgan fingerprint density at radius 2 is 1.63 bits per heavy atom. The second-order valence-corrected chi connectivity index (χ2v) is 10.9. The summed E-state index contributed by atoms with van der Waals surface area (Å²) >= 11 is 0. The van der Waals surface area contributed by atoms with Gasteiger partial charge in [-0.15, -0.1) is 0 Å². The van der Waals surface area contributed by atoms with Crippen molar-refractivity contribution in [3.63, 3.8) is 0 Å². The number of rotatable bonds is 21. The maximum absolute atomic E-state index is 12.8. The first-order chi connectivity index (χ1) is 16.2. The molecule has 0 bridgehead atoms. The van der Waals surface area contributed by atoms with Gasteiger partial charge in [0.15, 0.2) is 0 Å². The van der Waals surface area contributed by atoms with Gasteiger partial charge in [-0.2, -0.15) is 0 Å². The second kappa shape index (κ2) is 19.9. The molecule has 0 aromatic rings. The molecule has 2 unspecified atom stereocenters. The molecule has 0 saturated carbocycles. The largest absolute Gasteiger partial charge is 1.00 e. The predicted octanol–water partition coefficient (Wildman–Crippen LogP) is 0.334. The molecule has 10 heteroatoms. The molecule has 0 saturated heterocycles. The second-order valence-electron chi connectivity index (χ2n) is 9.49. The molecule has 35 heavy (non-hydrogen) atoms. The summed E-state index contributed by atoms with van der Waals surface area (Å²) in [4.78, 5) is 17.1. The molecule has 1 aliphatic rings. The fourth-order valence-corrected chi connectivity index (χ4v) is 5.21. The van der Waals surface area contributed by atoms with Gasteiger partial charge in [-0.05, 0) is 19.3 Å². The predicted molar refractivity (Wildman–Crippen MR) is 135 cm³/mol. The van der Waals surface area contributed by atoms with Crippen molar-refractivity contribution in [3.8, 4) is 0 Å². The van der Waals surface area contributed by atoms with Crippen molar-refractivity contribution in [2.24, 2.45) is 4.99 Å². The maximum atomic E-state index is 12.8. The molecule has 1 rings (SSSR count). The molecule has 0 spiro atoms. The molecule has 1 heterocycles. The summed E-state index contributed by atoms with van der Waals surface area (Å²) in [6.45, 7) is 2.79. The van der Waals surface area contributed by atoms with E-state index in [2.05, 4.69) is 18.0 Å². The first-order valence-electron chi connectivity index (χ1n) is 13.1. The number of Topliss-reactive ketones (excluding diaryl/α,β-unsaturated/α-hetero) is 1. The Labute approximate surface area is 234 Å². The molecule has 0 radical (unpaired) electrons. The van der Waals surface area contributed by atoms with Gasteiger partial charge in [0.2, 0.25) is 5.78 Å². The summed E-state index contributed by atoms with van der Waals surface area (Å²) in [5, 5.41) is 19.6. The van der Waals surface area contributed by atoms with Crippen LogP contribution in [0.25, 0.3) is 0 Å². The van der Waals surface area contributed by atoms with Crippen LogP contribution < -0.4 is 29.6 Å². The van der Waals surface area contributed by atoms with Gasteiger partial charge in [0.25, 0.3) is 5.84 Å². The molecular formula is C25H46N2NaO6S+. The van der Waals surface area contributed by atoms with E-state index in [0.717, 1.165) is 12.8 Å². The molecule has 8 nitrogen and oxygen atoms in total. The van der Waals surface area contributed by atoms with Crippen LogP contribution in [0.5, 0.6) is 0 Å². The Bertz CT molecular complexity index is 744. The van der Waals surface area contributed by atoms with Gasteiger partial charge in [-0.25, -0.2) is 13.4 Å². The van der Waals surface area contributed by atoms with Gasteiger partial charge in [0.05, 0.1) is 29.0 Å². The molecule has 198 valence electrons. The van der Waals surface area contributed by atoms with Gasteiger partial charge in [0, 0.05) is 6.42 Å². The number of carbonyl (C=O) groups excluding carboxylic acids is 1. The molecule has 2 N–H and O–H groups in total. The average molecular weight is 526 g/mol. The number of amidine groups is 1.